The molecule has 0 aromatic heterocycles. The third kappa shape index (κ3) is 5.51. The Morgan fingerprint density at radius 3 is 1.68 bits per heavy atom. The van der Waals surface area contributed by atoms with Crippen molar-refractivity contribution in [2.75, 3.05) is 0 Å². The van der Waals surface area contributed by atoms with Crippen molar-refractivity contribution in [3.63, 3.8) is 0 Å². The fourth-order valence-corrected chi connectivity index (χ4v) is 7.13. The smallest absolute Gasteiger partial charge is 0.277 e. The van der Waals surface area contributed by atoms with Crippen molar-refractivity contribution in [1.29, 1.82) is 0 Å². The number of hydrogen-bond acceptors (Lipinski definition) is 5. The molecule has 1 aliphatic heterocycles. The lowest BCUT2D eigenvalue weighted by molar-refractivity contribution is -0.359. The largest absolute Gasteiger partial charge is 0.281 e. The number of hydroxylamine groups is 2. The molecule has 1 saturated heterocycles. The number of hydrogen-bond donors (Lipinski definition) is 0. The van der Waals surface area contributed by atoms with Crippen LogP contribution in [0.15, 0.2) is 91.0 Å². The molecule has 1 fully saturated rings. The van der Waals surface area contributed by atoms with E-state index in [1.54, 1.807) is 0 Å². The zero-order valence-corrected chi connectivity index (χ0v) is 21.3. The standard InChI is InChI=1S/C28H34NO4P/c1-27(2)20-24(32-31-22-23-14-8-5-9-15-23)21-28(3,4)29(27)33-34(30,25-16-10-6-11-17-25)26-18-12-7-13-19-26/h5-19,24H,20-22H2,1-4H3. The lowest BCUT2D eigenvalue weighted by Crippen LogP contribution is -2.61. The quantitative estimate of drug-likeness (QED) is 0.225. The van der Waals surface area contributed by atoms with Crippen LogP contribution in [0.4, 0.5) is 0 Å². The van der Waals surface area contributed by atoms with Gasteiger partial charge in [0.05, 0.1) is 6.10 Å². The first-order chi connectivity index (χ1) is 16.2. The Morgan fingerprint density at radius 1 is 0.765 bits per heavy atom. The topological polar surface area (TPSA) is 48.0 Å². The predicted octanol–water partition coefficient (Wildman–Crippen LogP) is 6.02. The summed E-state index contributed by atoms with van der Waals surface area (Å²) in [5.74, 6) is 0. The van der Waals surface area contributed by atoms with Gasteiger partial charge >= 0.3 is 0 Å². The van der Waals surface area contributed by atoms with E-state index in [9.17, 15) is 4.57 Å². The number of benzene rings is 3. The van der Waals surface area contributed by atoms with Gasteiger partial charge in [0.25, 0.3) is 7.37 Å². The van der Waals surface area contributed by atoms with E-state index in [0.717, 1.165) is 5.56 Å². The van der Waals surface area contributed by atoms with Gasteiger partial charge in [-0.05, 0) is 70.4 Å². The van der Waals surface area contributed by atoms with Crippen LogP contribution in [0.3, 0.4) is 0 Å². The van der Waals surface area contributed by atoms with Crippen LogP contribution in [0.25, 0.3) is 0 Å². The molecule has 0 amide bonds. The molecule has 0 N–H and O–H groups in total. The molecule has 6 heteroatoms. The molecule has 5 nitrogen and oxygen atoms in total. The average molecular weight is 480 g/mol. The first-order valence-electron chi connectivity index (χ1n) is 11.7. The van der Waals surface area contributed by atoms with Gasteiger partial charge in [0, 0.05) is 21.7 Å². The van der Waals surface area contributed by atoms with E-state index in [1.807, 2.05) is 96.1 Å². The van der Waals surface area contributed by atoms with Gasteiger partial charge in [-0.25, -0.2) is 14.4 Å². The Labute approximate surface area is 203 Å². The van der Waals surface area contributed by atoms with Gasteiger partial charge in [-0.15, -0.1) is 0 Å². The van der Waals surface area contributed by atoms with Crippen molar-refractivity contribution >= 4 is 18.0 Å². The van der Waals surface area contributed by atoms with Crippen LogP contribution in [-0.4, -0.2) is 22.2 Å². The van der Waals surface area contributed by atoms with Crippen molar-refractivity contribution in [1.82, 2.24) is 5.06 Å². The van der Waals surface area contributed by atoms with Gasteiger partial charge in [0.1, 0.15) is 6.61 Å². The van der Waals surface area contributed by atoms with Gasteiger partial charge in [0.15, 0.2) is 0 Å². The molecule has 4 rings (SSSR count). The van der Waals surface area contributed by atoms with Crippen LogP contribution in [0.1, 0.15) is 46.1 Å². The van der Waals surface area contributed by atoms with Crippen LogP contribution < -0.4 is 10.6 Å². The average Bonchev–Trinajstić information content (AvgIpc) is 2.83. The summed E-state index contributed by atoms with van der Waals surface area (Å²) in [7, 11) is -3.38. The molecule has 0 atom stereocenters. The van der Waals surface area contributed by atoms with Crippen molar-refractivity contribution in [3.05, 3.63) is 96.6 Å². The molecule has 0 bridgehead atoms. The predicted molar refractivity (Wildman–Crippen MR) is 136 cm³/mol. The summed E-state index contributed by atoms with van der Waals surface area (Å²) in [6.07, 6.45) is 1.24. The zero-order chi connectivity index (χ0) is 24.2. The van der Waals surface area contributed by atoms with E-state index < -0.39 is 18.4 Å². The summed E-state index contributed by atoms with van der Waals surface area (Å²) < 4.78 is 21.1. The van der Waals surface area contributed by atoms with Gasteiger partial charge < -0.3 is 0 Å². The zero-order valence-electron chi connectivity index (χ0n) is 20.4. The minimum absolute atomic E-state index is 0.110. The Hall–Kier alpha value is -2.27. The van der Waals surface area contributed by atoms with Crippen LogP contribution in [0.5, 0.6) is 0 Å². The van der Waals surface area contributed by atoms with E-state index in [-0.39, 0.29) is 6.10 Å². The minimum Gasteiger partial charge on any atom is -0.281 e. The lowest BCUT2D eigenvalue weighted by atomic mass is 9.80. The Bertz CT molecular complexity index is 1040. The highest BCUT2D eigenvalue weighted by atomic mass is 31.2. The van der Waals surface area contributed by atoms with Gasteiger partial charge in [-0.3, -0.25) is 4.57 Å². The molecule has 3 aromatic carbocycles. The molecule has 1 aliphatic rings. The number of nitrogens with zero attached hydrogens (tertiary/aromatic N) is 1. The molecule has 180 valence electrons. The summed E-state index contributed by atoms with van der Waals surface area (Å²) in [6.45, 7) is 8.79. The minimum atomic E-state index is -3.38. The highest BCUT2D eigenvalue weighted by Crippen LogP contribution is 2.51. The SMILES string of the molecule is CC1(C)CC(OOCc2ccccc2)CC(C)(C)N1OP(=O)(c1ccccc1)c1ccccc1. The van der Waals surface area contributed by atoms with E-state index in [4.69, 9.17) is 14.4 Å². The summed E-state index contributed by atoms with van der Waals surface area (Å²) in [5, 5.41) is 3.28. The molecule has 34 heavy (non-hydrogen) atoms. The molecule has 0 spiro atoms. The first-order valence-corrected chi connectivity index (χ1v) is 13.4. The Kier molecular flexibility index (Phi) is 7.42. The monoisotopic (exact) mass is 479 g/mol. The van der Waals surface area contributed by atoms with Crippen LogP contribution in [-0.2, 0) is 25.6 Å². The molecule has 3 aromatic rings. The molecular formula is C28H34NO4P. The van der Waals surface area contributed by atoms with E-state index in [0.29, 0.717) is 30.1 Å². The van der Waals surface area contributed by atoms with Crippen LogP contribution in [0.2, 0.25) is 0 Å². The maximum atomic E-state index is 14.6. The summed E-state index contributed by atoms with van der Waals surface area (Å²) in [5.41, 5.74) is 0.178. The van der Waals surface area contributed by atoms with Crippen LogP contribution >= 0.6 is 7.37 Å². The number of rotatable bonds is 8. The van der Waals surface area contributed by atoms with Crippen LogP contribution in [0, 0.1) is 0 Å². The summed E-state index contributed by atoms with van der Waals surface area (Å²) in [6, 6.07) is 28.9. The number of piperidine rings is 1. The van der Waals surface area contributed by atoms with Crippen molar-refractivity contribution < 1.29 is 19.0 Å². The normalized spacial score (nSPS) is 18.6. The third-order valence-corrected chi connectivity index (χ3v) is 8.56. The molecular weight excluding hydrogens is 445 g/mol. The van der Waals surface area contributed by atoms with Crippen molar-refractivity contribution in [3.8, 4) is 0 Å². The van der Waals surface area contributed by atoms with Crippen molar-refractivity contribution in [2.45, 2.75) is 64.3 Å². The molecule has 0 aliphatic carbocycles. The van der Waals surface area contributed by atoms with E-state index in [2.05, 4.69) is 27.7 Å². The molecule has 0 saturated carbocycles. The van der Waals surface area contributed by atoms with E-state index in [1.165, 1.54) is 0 Å². The molecule has 1 heterocycles. The fraction of sp³-hybridized carbons (Fsp3) is 0.357. The first kappa shape index (κ1) is 24.8. The molecule has 0 radical (unpaired) electrons. The third-order valence-electron chi connectivity index (χ3n) is 6.22. The highest BCUT2D eigenvalue weighted by molar-refractivity contribution is 7.74. The lowest BCUT2D eigenvalue weighted by Gasteiger charge is -2.53. The second-order valence-corrected chi connectivity index (χ2v) is 12.4. The van der Waals surface area contributed by atoms with Gasteiger partial charge in [-0.2, -0.15) is 5.06 Å². The Morgan fingerprint density at radius 2 is 1.21 bits per heavy atom. The van der Waals surface area contributed by atoms with Crippen molar-refractivity contribution in [2.24, 2.45) is 0 Å². The van der Waals surface area contributed by atoms with Gasteiger partial charge in [0.2, 0.25) is 0 Å². The molecule has 0 unspecified atom stereocenters. The summed E-state index contributed by atoms with van der Waals surface area (Å²) in [4.78, 5) is 11.5. The van der Waals surface area contributed by atoms with Gasteiger partial charge in [-0.1, -0.05) is 66.7 Å². The second kappa shape index (κ2) is 10.2. The second-order valence-electron chi connectivity index (χ2n) is 10.1. The maximum Gasteiger partial charge on any atom is 0.277 e. The highest BCUT2D eigenvalue weighted by Gasteiger charge is 2.50. The summed E-state index contributed by atoms with van der Waals surface area (Å²) >= 11 is 0. The van der Waals surface area contributed by atoms with E-state index >= 15 is 0 Å². The Balaban J connectivity index is 1.54. The maximum absolute atomic E-state index is 14.6. The fourth-order valence-electron chi connectivity index (χ4n) is 4.84.